The summed E-state index contributed by atoms with van der Waals surface area (Å²) in [5, 5.41) is 1.72. The van der Waals surface area contributed by atoms with Crippen molar-refractivity contribution in [3.05, 3.63) is 124 Å². The molecule has 4 aromatic carbocycles. The van der Waals surface area contributed by atoms with Crippen LogP contribution in [0, 0.1) is 18.3 Å². The molecular formula is C48H55ClN4O5S. The minimum atomic E-state index is -4.17. The molecule has 2 N–H and O–H groups in total. The second kappa shape index (κ2) is 17.5. The first-order chi connectivity index (χ1) is 28.4. The van der Waals surface area contributed by atoms with Crippen molar-refractivity contribution < 1.29 is 22.7 Å². The molecule has 5 aromatic rings. The van der Waals surface area contributed by atoms with E-state index < -0.39 is 15.9 Å². The third-order valence-electron chi connectivity index (χ3n) is 12.5. The van der Waals surface area contributed by atoms with Crippen LogP contribution in [0.1, 0.15) is 79.4 Å². The summed E-state index contributed by atoms with van der Waals surface area (Å²) < 4.78 is 41.7. The van der Waals surface area contributed by atoms with E-state index in [1.807, 2.05) is 67.7 Å². The zero-order valence-corrected chi connectivity index (χ0v) is 35.9. The number of allylic oxidation sites excluding steroid dienone is 1. The lowest BCUT2D eigenvalue weighted by atomic mass is 9.72. The van der Waals surface area contributed by atoms with E-state index in [4.69, 9.17) is 21.1 Å². The molecule has 59 heavy (non-hydrogen) atoms. The van der Waals surface area contributed by atoms with Gasteiger partial charge in [0.1, 0.15) is 11.5 Å². The van der Waals surface area contributed by atoms with Gasteiger partial charge in [-0.2, -0.15) is 0 Å². The van der Waals surface area contributed by atoms with Gasteiger partial charge in [0.05, 0.1) is 10.5 Å². The summed E-state index contributed by atoms with van der Waals surface area (Å²) in [6.07, 6.45) is 9.21. The number of aromatic nitrogens is 1. The van der Waals surface area contributed by atoms with Gasteiger partial charge in [0.2, 0.25) is 0 Å². The van der Waals surface area contributed by atoms with E-state index >= 15 is 0 Å². The number of carbonyl (C=O) groups excluding carboxylic acids is 1. The molecule has 1 aromatic heterocycles. The Morgan fingerprint density at radius 1 is 0.949 bits per heavy atom. The van der Waals surface area contributed by atoms with Crippen LogP contribution in [-0.4, -0.2) is 70.1 Å². The van der Waals surface area contributed by atoms with Gasteiger partial charge in [-0.3, -0.25) is 9.69 Å². The number of sulfonamides is 1. The highest BCUT2D eigenvalue weighted by Crippen LogP contribution is 2.43. The van der Waals surface area contributed by atoms with Crippen molar-refractivity contribution in [3.8, 4) is 11.5 Å². The standard InChI is InChI=1S/C48H55ClN4O5S/c1-33-28-42(13-8-35(33)5-4-34-18-26-57-27-19-34)59(55,56)51-47(54)43-14-11-40(30-46(43)58-41-12-15-45-37(29-41)17-21-50-45)53-24-22-52(23-25-53)32-38-16-20-48(2,3)31-44(38)36-6-9-39(49)10-7-36/h6-15,17,21,28-30,34,50H,4-5,16,18-20,22-27,31-32H2,1-3H3,(H,51,54). The molecule has 1 aliphatic carbocycles. The molecule has 0 spiro atoms. The Kier molecular flexibility index (Phi) is 12.2. The summed E-state index contributed by atoms with van der Waals surface area (Å²) in [7, 11) is -4.17. The van der Waals surface area contributed by atoms with E-state index in [1.54, 1.807) is 18.2 Å². The number of rotatable bonds is 12. The number of fused-ring (bicyclic) bond motifs is 1. The van der Waals surface area contributed by atoms with Crippen LogP contribution in [0.3, 0.4) is 0 Å². The first kappa shape index (κ1) is 41.1. The Morgan fingerprint density at radius 2 is 1.73 bits per heavy atom. The van der Waals surface area contributed by atoms with Gasteiger partial charge in [-0.1, -0.05) is 49.2 Å². The largest absolute Gasteiger partial charge is 0.456 e. The Labute approximate surface area is 353 Å². The second-order valence-electron chi connectivity index (χ2n) is 17.3. The number of carbonyl (C=O) groups is 1. The van der Waals surface area contributed by atoms with Gasteiger partial charge in [0.25, 0.3) is 15.9 Å². The number of nitrogens with zero attached hydrogens (tertiary/aromatic N) is 2. The first-order valence-corrected chi connectivity index (χ1v) is 22.8. The van der Waals surface area contributed by atoms with Gasteiger partial charge in [0, 0.05) is 79.8 Å². The van der Waals surface area contributed by atoms with Crippen LogP contribution in [0.15, 0.2) is 102 Å². The van der Waals surface area contributed by atoms with Crippen molar-refractivity contribution in [3.63, 3.8) is 0 Å². The third kappa shape index (κ3) is 9.89. The summed E-state index contributed by atoms with van der Waals surface area (Å²) in [4.78, 5) is 22.0. The number of halogens is 1. The summed E-state index contributed by atoms with van der Waals surface area (Å²) in [6, 6.07) is 26.5. The van der Waals surface area contributed by atoms with Crippen LogP contribution in [0.5, 0.6) is 11.5 Å². The third-order valence-corrected chi connectivity index (χ3v) is 14.1. The van der Waals surface area contributed by atoms with Crippen molar-refractivity contribution in [1.29, 1.82) is 0 Å². The Hall–Kier alpha value is -4.61. The van der Waals surface area contributed by atoms with Crippen LogP contribution < -0.4 is 14.4 Å². The zero-order valence-electron chi connectivity index (χ0n) is 34.4. The first-order valence-electron chi connectivity index (χ1n) is 21.0. The molecule has 310 valence electrons. The smallest absolute Gasteiger partial charge is 0.268 e. The Morgan fingerprint density at radius 3 is 2.49 bits per heavy atom. The maximum atomic E-state index is 13.9. The fourth-order valence-electron chi connectivity index (χ4n) is 8.85. The molecular weight excluding hydrogens is 780 g/mol. The molecule has 0 atom stereocenters. The molecule has 3 heterocycles. The van der Waals surface area contributed by atoms with E-state index in [0.717, 1.165) is 117 Å². The molecule has 9 nitrogen and oxygen atoms in total. The molecule has 0 radical (unpaired) electrons. The average Bonchev–Trinajstić information content (AvgIpc) is 3.70. The van der Waals surface area contributed by atoms with Crippen molar-refractivity contribution in [1.82, 2.24) is 14.6 Å². The van der Waals surface area contributed by atoms with E-state index in [0.29, 0.717) is 11.7 Å². The minimum absolute atomic E-state index is 0.0565. The van der Waals surface area contributed by atoms with Gasteiger partial charge < -0.3 is 19.4 Å². The van der Waals surface area contributed by atoms with E-state index in [1.165, 1.54) is 23.1 Å². The van der Waals surface area contributed by atoms with Crippen LogP contribution in [0.2, 0.25) is 5.02 Å². The normalized spacial score (nSPS) is 18.0. The second-order valence-corrected chi connectivity index (χ2v) is 19.4. The van der Waals surface area contributed by atoms with Crippen LogP contribution >= 0.6 is 11.6 Å². The molecule has 3 aliphatic rings. The quantitative estimate of drug-likeness (QED) is 0.129. The van der Waals surface area contributed by atoms with Crippen molar-refractivity contribution >= 4 is 49.7 Å². The predicted molar refractivity (Wildman–Crippen MR) is 237 cm³/mol. The lowest BCUT2D eigenvalue weighted by Crippen LogP contribution is -2.47. The summed E-state index contributed by atoms with van der Waals surface area (Å²) in [6.45, 7) is 12.6. The summed E-state index contributed by atoms with van der Waals surface area (Å²) in [5.74, 6) is 0.703. The fourth-order valence-corrected chi connectivity index (χ4v) is 10.0. The lowest BCUT2D eigenvalue weighted by Gasteiger charge is -2.39. The Balaban J connectivity index is 0.986. The van der Waals surface area contributed by atoms with Crippen LogP contribution in [-0.2, 0) is 21.2 Å². The number of ether oxygens (including phenoxy) is 2. The number of benzene rings is 4. The molecule has 0 saturated carbocycles. The number of amides is 1. The van der Waals surface area contributed by atoms with Gasteiger partial charge in [-0.05, 0) is 146 Å². The molecule has 0 unspecified atom stereocenters. The molecule has 8 rings (SSSR count). The molecule has 2 aliphatic heterocycles. The lowest BCUT2D eigenvalue weighted by molar-refractivity contribution is 0.0640. The van der Waals surface area contributed by atoms with Crippen molar-refractivity contribution in [2.75, 3.05) is 50.8 Å². The number of aromatic amines is 1. The minimum Gasteiger partial charge on any atom is -0.456 e. The number of aryl methyl sites for hydroxylation is 2. The number of hydrogen-bond acceptors (Lipinski definition) is 7. The molecule has 11 heteroatoms. The summed E-state index contributed by atoms with van der Waals surface area (Å²) >= 11 is 6.25. The van der Waals surface area contributed by atoms with Gasteiger partial charge in [0.15, 0.2) is 0 Å². The monoisotopic (exact) mass is 834 g/mol. The van der Waals surface area contributed by atoms with Crippen LogP contribution in [0.4, 0.5) is 5.69 Å². The number of piperazine rings is 1. The van der Waals surface area contributed by atoms with Gasteiger partial charge in [-0.25, -0.2) is 13.1 Å². The maximum absolute atomic E-state index is 13.9. The molecule has 2 fully saturated rings. The van der Waals surface area contributed by atoms with Gasteiger partial charge >= 0.3 is 0 Å². The Bertz CT molecular complexity index is 2440. The number of anilines is 1. The highest BCUT2D eigenvalue weighted by Gasteiger charge is 2.30. The maximum Gasteiger partial charge on any atom is 0.268 e. The van der Waals surface area contributed by atoms with Crippen molar-refractivity contribution in [2.24, 2.45) is 11.3 Å². The zero-order chi connectivity index (χ0) is 41.1. The van der Waals surface area contributed by atoms with Gasteiger partial charge in [-0.15, -0.1) is 0 Å². The number of hydrogen-bond donors (Lipinski definition) is 2. The van der Waals surface area contributed by atoms with Crippen molar-refractivity contribution in [2.45, 2.75) is 70.6 Å². The van der Waals surface area contributed by atoms with E-state index in [-0.39, 0.29) is 21.6 Å². The molecule has 0 bridgehead atoms. The topological polar surface area (TPSA) is 104 Å². The molecule has 1 amide bonds. The SMILES string of the molecule is Cc1cc(S(=O)(=O)NC(=O)c2ccc(N3CCN(CC4=C(c5ccc(Cl)cc5)CC(C)(C)CC4)CC3)cc2Oc2ccc3[nH]ccc3c2)ccc1CCC1CCOCC1. The van der Waals surface area contributed by atoms with E-state index in [9.17, 15) is 13.2 Å². The van der Waals surface area contributed by atoms with Crippen LogP contribution in [0.25, 0.3) is 16.5 Å². The highest BCUT2D eigenvalue weighted by molar-refractivity contribution is 7.90. The average molecular weight is 836 g/mol. The fraction of sp³-hybridized carbons (Fsp3) is 0.396. The van der Waals surface area contributed by atoms with E-state index in [2.05, 4.69) is 45.5 Å². The number of nitrogens with one attached hydrogen (secondary N) is 2. The highest BCUT2D eigenvalue weighted by atomic mass is 35.5. The molecule has 2 saturated heterocycles. The number of H-pyrrole nitrogens is 1. The summed E-state index contributed by atoms with van der Waals surface area (Å²) in [5.41, 5.74) is 8.50. The predicted octanol–water partition coefficient (Wildman–Crippen LogP) is 10.2.